The summed E-state index contributed by atoms with van der Waals surface area (Å²) in [5.41, 5.74) is 0.972. The molecule has 26 heavy (non-hydrogen) atoms. The predicted molar refractivity (Wildman–Crippen MR) is 107 cm³/mol. The second-order valence-electron chi connectivity index (χ2n) is 7.25. The van der Waals surface area contributed by atoms with Crippen LogP contribution in [0.25, 0.3) is 0 Å². The summed E-state index contributed by atoms with van der Waals surface area (Å²) in [6.45, 7) is 6.02. The van der Waals surface area contributed by atoms with Gasteiger partial charge in [0.2, 0.25) is 0 Å². The molecule has 2 aromatic rings. The maximum Gasteiger partial charge on any atom is 0.171 e. The first-order valence-electron chi connectivity index (χ1n) is 8.84. The molecule has 134 valence electrons. The largest absolute Gasteiger partial charge is 0.386 e. The number of nitrogens with zero attached hydrogens (tertiary/aromatic N) is 1. The number of allylic oxidation sites excluding steroid dienone is 1. The minimum atomic E-state index is -3.02. The molecule has 1 N–H and O–H groups in total. The molecular formula is C21H23N2O2P. The van der Waals surface area contributed by atoms with Crippen LogP contribution in [0.3, 0.4) is 0 Å². The summed E-state index contributed by atoms with van der Waals surface area (Å²) in [6.07, 6.45) is 1.79. The van der Waals surface area contributed by atoms with Gasteiger partial charge < -0.3 is 14.7 Å². The van der Waals surface area contributed by atoms with E-state index < -0.39 is 12.7 Å². The Morgan fingerprint density at radius 2 is 1.54 bits per heavy atom. The first kappa shape index (κ1) is 17.1. The molecule has 2 heterocycles. The number of benzene rings is 2. The average Bonchev–Trinajstić information content (AvgIpc) is 2.96. The van der Waals surface area contributed by atoms with E-state index in [9.17, 15) is 4.57 Å². The lowest BCUT2D eigenvalue weighted by atomic mass is 9.89. The van der Waals surface area contributed by atoms with Crippen molar-refractivity contribution in [3.63, 3.8) is 0 Å². The summed E-state index contributed by atoms with van der Waals surface area (Å²) in [5, 5.41) is 9.54. The van der Waals surface area contributed by atoms with E-state index in [1.54, 1.807) is 0 Å². The van der Waals surface area contributed by atoms with Crippen molar-refractivity contribution in [2.45, 2.75) is 38.1 Å². The predicted octanol–water partition coefficient (Wildman–Crippen LogP) is 3.41. The number of fused-ring (bicyclic) bond motifs is 1. The van der Waals surface area contributed by atoms with Crippen LogP contribution in [0.15, 0.2) is 77.6 Å². The van der Waals surface area contributed by atoms with Gasteiger partial charge in [0.15, 0.2) is 13.2 Å². The Hall–Kier alpha value is -2.32. The number of oxime groups is 1. The fraction of sp³-hybridized carbons (Fsp3) is 0.286. The minimum absolute atomic E-state index is 0.239. The molecule has 3 unspecified atom stereocenters. The van der Waals surface area contributed by atoms with Crippen LogP contribution in [0.5, 0.6) is 0 Å². The minimum Gasteiger partial charge on any atom is -0.386 e. The SMILES string of the molecule is CC1=CC2ON=C(C)C(P(=O)(c3ccccc3)c3ccccc3)C2(C)N1. The van der Waals surface area contributed by atoms with Crippen molar-refractivity contribution in [3.05, 3.63) is 72.4 Å². The highest BCUT2D eigenvalue weighted by atomic mass is 31.2. The molecule has 0 aromatic heterocycles. The third kappa shape index (κ3) is 2.44. The van der Waals surface area contributed by atoms with Gasteiger partial charge >= 0.3 is 0 Å². The Balaban J connectivity index is 1.97. The number of rotatable bonds is 3. The Labute approximate surface area is 154 Å². The van der Waals surface area contributed by atoms with Crippen LogP contribution in [0.4, 0.5) is 0 Å². The second-order valence-corrected chi connectivity index (χ2v) is 10.1. The second kappa shape index (κ2) is 6.14. The monoisotopic (exact) mass is 366 g/mol. The maximum atomic E-state index is 14.8. The van der Waals surface area contributed by atoms with Gasteiger partial charge in [-0.3, -0.25) is 0 Å². The normalized spacial score (nSPS) is 27.7. The highest BCUT2D eigenvalue weighted by Gasteiger charge is 2.57. The van der Waals surface area contributed by atoms with Crippen LogP contribution in [0, 0.1) is 0 Å². The molecule has 0 saturated carbocycles. The van der Waals surface area contributed by atoms with Gasteiger partial charge in [0.25, 0.3) is 0 Å². The summed E-state index contributed by atoms with van der Waals surface area (Å²) in [7, 11) is -3.02. The lowest BCUT2D eigenvalue weighted by Crippen LogP contribution is -2.61. The van der Waals surface area contributed by atoms with Crippen LogP contribution >= 0.6 is 7.14 Å². The topological polar surface area (TPSA) is 50.7 Å². The smallest absolute Gasteiger partial charge is 0.171 e. The van der Waals surface area contributed by atoms with Gasteiger partial charge in [-0.15, -0.1) is 0 Å². The van der Waals surface area contributed by atoms with Gasteiger partial charge in [-0.25, -0.2) is 0 Å². The zero-order chi connectivity index (χ0) is 18.4. The van der Waals surface area contributed by atoms with Gasteiger partial charge in [-0.05, 0) is 26.8 Å². The number of hydrogen-bond donors (Lipinski definition) is 1. The third-order valence-corrected chi connectivity index (χ3v) is 9.14. The maximum absolute atomic E-state index is 14.8. The summed E-state index contributed by atoms with van der Waals surface area (Å²) < 4.78 is 14.8. The molecule has 4 rings (SSSR count). The molecule has 0 spiro atoms. The molecule has 4 nitrogen and oxygen atoms in total. The van der Waals surface area contributed by atoms with Gasteiger partial charge in [-0.1, -0.05) is 65.8 Å². The van der Waals surface area contributed by atoms with Gasteiger partial charge in [0, 0.05) is 16.3 Å². The summed E-state index contributed by atoms with van der Waals surface area (Å²) in [4.78, 5) is 5.71. The first-order chi connectivity index (χ1) is 12.5. The lowest BCUT2D eigenvalue weighted by molar-refractivity contribution is 0.0295. The summed E-state index contributed by atoms with van der Waals surface area (Å²) in [6, 6.07) is 19.5. The van der Waals surface area contributed by atoms with Crippen LogP contribution in [-0.2, 0) is 9.40 Å². The molecule has 5 heteroatoms. The van der Waals surface area contributed by atoms with Crippen LogP contribution < -0.4 is 15.9 Å². The fourth-order valence-corrected chi connectivity index (χ4v) is 7.98. The van der Waals surface area contributed by atoms with Crippen molar-refractivity contribution in [1.82, 2.24) is 5.32 Å². The van der Waals surface area contributed by atoms with Crippen molar-refractivity contribution in [3.8, 4) is 0 Å². The highest BCUT2D eigenvalue weighted by molar-refractivity contribution is 7.80. The van der Waals surface area contributed by atoms with E-state index in [1.807, 2.05) is 80.6 Å². The molecule has 0 bridgehead atoms. The lowest BCUT2D eigenvalue weighted by Gasteiger charge is -2.45. The first-order valence-corrected chi connectivity index (χ1v) is 10.6. The molecule has 0 fully saturated rings. The van der Waals surface area contributed by atoms with E-state index in [0.29, 0.717) is 0 Å². The third-order valence-electron chi connectivity index (χ3n) is 5.38. The Kier molecular flexibility index (Phi) is 4.04. The molecule has 0 saturated heterocycles. The quantitative estimate of drug-likeness (QED) is 0.847. The van der Waals surface area contributed by atoms with Crippen molar-refractivity contribution >= 4 is 23.5 Å². The van der Waals surface area contributed by atoms with Crippen molar-refractivity contribution in [1.29, 1.82) is 0 Å². The van der Waals surface area contributed by atoms with Crippen LogP contribution in [0.1, 0.15) is 20.8 Å². The van der Waals surface area contributed by atoms with E-state index in [2.05, 4.69) is 17.4 Å². The molecule has 3 atom stereocenters. The van der Waals surface area contributed by atoms with E-state index in [4.69, 9.17) is 4.84 Å². The number of nitrogens with one attached hydrogen (secondary N) is 1. The van der Waals surface area contributed by atoms with E-state index >= 15 is 0 Å². The fourth-order valence-electron chi connectivity index (χ4n) is 4.31. The average molecular weight is 366 g/mol. The van der Waals surface area contributed by atoms with E-state index in [-0.39, 0.29) is 11.8 Å². The summed E-state index contributed by atoms with van der Waals surface area (Å²) in [5.74, 6) is 0. The van der Waals surface area contributed by atoms with Gasteiger partial charge in [-0.2, -0.15) is 0 Å². The van der Waals surface area contributed by atoms with Crippen LogP contribution in [-0.4, -0.2) is 23.0 Å². The van der Waals surface area contributed by atoms with Gasteiger partial charge in [0.1, 0.15) is 0 Å². The van der Waals surface area contributed by atoms with E-state index in [1.165, 1.54) is 0 Å². The number of hydrogen-bond acceptors (Lipinski definition) is 4. The molecular weight excluding hydrogens is 343 g/mol. The Morgan fingerprint density at radius 1 is 1.00 bits per heavy atom. The van der Waals surface area contributed by atoms with E-state index in [0.717, 1.165) is 22.0 Å². The van der Waals surface area contributed by atoms with Gasteiger partial charge in [0.05, 0.1) is 16.9 Å². The standard InChI is InChI=1S/C21H23N2O2P/c1-15-14-19-21(3,22-15)20(16(2)23-25-19)26(24,17-10-6-4-7-11-17)18-12-8-5-9-13-18/h4-14,19-20,22H,1-3H3. The zero-order valence-corrected chi connectivity index (χ0v) is 16.1. The zero-order valence-electron chi connectivity index (χ0n) is 15.2. The molecule has 0 amide bonds. The Bertz CT molecular complexity index is 880. The molecule has 2 aliphatic rings. The molecule has 0 aliphatic carbocycles. The molecule has 0 radical (unpaired) electrons. The van der Waals surface area contributed by atoms with Crippen LogP contribution in [0.2, 0.25) is 0 Å². The molecule has 2 aliphatic heterocycles. The highest BCUT2D eigenvalue weighted by Crippen LogP contribution is 2.56. The van der Waals surface area contributed by atoms with Crippen molar-refractivity contribution < 1.29 is 9.40 Å². The molecule has 2 aromatic carbocycles. The summed E-state index contributed by atoms with van der Waals surface area (Å²) >= 11 is 0. The van der Waals surface area contributed by atoms with Crippen molar-refractivity contribution in [2.24, 2.45) is 5.16 Å². The Morgan fingerprint density at radius 3 is 2.08 bits per heavy atom. The van der Waals surface area contributed by atoms with Crippen molar-refractivity contribution in [2.75, 3.05) is 0 Å².